The van der Waals surface area contributed by atoms with Gasteiger partial charge in [0.1, 0.15) is 0 Å². The van der Waals surface area contributed by atoms with Crippen molar-refractivity contribution in [1.82, 2.24) is 0 Å². The molecule has 0 amide bonds. The molecule has 2 aromatic carbocycles. The van der Waals surface area contributed by atoms with E-state index in [1.165, 1.54) is 14.0 Å². The minimum Gasteiger partial charge on any atom is -0.407 e. The molecule has 0 aliphatic carbocycles. The molecule has 2 aromatic rings. The number of benzene rings is 2. The van der Waals surface area contributed by atoms with Crippen molar-refractivity contribution in [2.45, 2.75) is 84.8 Å². The van der Waals surface area contributed by atoms with E-state index < -0.39 is 14.1 Å². The lowest BCUT2D eigenvalue weighted by atomic mass is 9.91. The van der Waals surface area contributed by atoms with E-state index in [2.05, 4.69) is 131 Å². The molecule has 1 aliphatic rings. The summed E-state index contributed by atoms with van der Waals surface area (Å²) < 4.78 is 21.3. The molecule has 192 valence electrons. The van der Waals surface area contributed by atoms with Crippen LogP contribution < -0.4 is 10.4 Å². The van der Waals surface area contributed by atoms with E-state index in [9.17, 15) is 0 Å². The first kappa shape index (κ1) is 28.6. The second kappa shape index (κ2) is 11.6. The zero-order valence-corrected chi connectivity index (χ0v) is 25.8. The zero-order valence-electron chi connectivity index (χ0n) is 22.7. The second-order valence-electron chi connectivity index (χ2n) is 11.5. The standard InChI is InChI=1S/C30H43IO3Si/c1-22(19-24(3)31)27-20-28(34-30(7,8)33-27)23(2)21-32-35(29(4,5)6,25-15-11-9-12-16-25)26-17-13-10-14-18-26/h9-19,22-23,27-28H,20-21H2,1-8H3/b24-19-/t22-,23-,27-,28+/m0/s1. The molecule has 1 heterocycles. The summed E-state index contributed by atoms with van der Waals surface area (Å²) in [6.07, 6.45) is 3.37. The van der Waals surface area contributed by atoms with Crippen molar-refractivity contribution in [1.29, 1.82) is 0 Å². The van der Waals surface area contributed by atoms with E-state index in [0.29, 0.717) is 12.5 Å². The Balaban J connectivity index is 1.90. The topological polar surface area (TPSA) is 27.7 Å². The third kappa shape index (κ3) is 6.86. The Hall–Kier alpha value is -0.993. The number of allylic oxidation sites excluding steroid dienone is 1. The van der Waals surface area contributed by atoms with Gasteiger partial charge in [-0.3, -0.25) is 0 Å². The Labute approximate surface area is 227 Å². The van der Waals surface area contributed by atoms with Gasteiger partial charge < -0.3 is 13.9 Å². The first-order valence-electron chi connectivity index (χ1n) is 12.8. The van der Waals surface area contributed by atoms with E-state index in [0.717, 1.165) is 6.42 Å². The molecule has 1 fully saturated rings. The predicted molar refractivity (Wildman–Crippen MR) is 158 cm³/mol. The lowest BCUT2D eigenvalue weighted by Gasteiger charge is -2.46. The third-order valence-electron chi connectivity index (χ3n) is 7.03. The van der Waals surface area contributed by atoms with Crippen LogP contribution in [0.15, 0.2) is 70.3 Å². The van der Waals surface area contributed by atoms with Crippen molar-refractivity contribution in [2.75, 3.05) is 6.61 Å². The molecule has 0 bridgehead atoms. The molecule has 0 N–H and O–H groups in total. The average Bonchev–Trinajstić information content (AvgIpc) is 2.78. The maximum atomic E-state index is 7.21. The van der Waals surface area contributed by atoms with Crippen molar-refractivity contribution < 1.29 is 13.9 Å². The SMILES string of the molecule is C/C(I)=C/[C@H](C)[C@@H]1C[C@H]([C@@H](C)CO[Si](c2ccccc2)(c2ccccc2)C(C)(C)C)OC(C)(C)O1. The van der Waals surface area contributed by atoms with Crippen molar-refractivity contribution >= 4 is 41.3 Å². The second-order valence-corrected chi connectivity index (χ2v) is 17.5. The van der Waals surface area contributed by atoms with Gasteiger partial charge in [0.05, 0.1) is 12.2 Å². The Bertz CT molecular complexity index is 925. The quantitative estimate of drug-likeness (QED) is 0.237. The highest BCUT2D eigenvalue weighted by Gasteiger charge is 2.50. The lowest BCUT2D eigenvalue weighted by molar-refractivity contribution is -0.313. The van der Waals surface area contributed by atoms with Gasteiger partial charge in [0.15, 0.2) is 5.79 Å². The predicted octanol–water partition coefficient (Wildman–Crippen LogP) is 7.08. The van der Waals surface area contributed by atoms with Crippen molar-refractivity contribution in [2.24, 2.45) is 11.8 Å². The van der Waals surface area contributed by atoms with Gasteiger partial charge in [0.2, 0.25) is 0 Å². The van der Waals surface area contributed by atoms with Gasteiger partial charge in [-0.2, -0.15) is 0 Å². The van der Waals surface area contributed by atoms with E-state index >= 15 is 0 Å². The Kier molecular flexibility index (Phi) is 9.47. The van der Waals surface area contributed by atoms with E-state index in [1.807, 2.05) is 13.8 Å². The lowest BCUT2D eigenvalue weighted by Crippen LogP contribution is -2.67. The Morgan fingerprint density at radius 2 is 1.49 bits per heavy atom. The van der Waals surface area contributed by atoms with Crippen LogP contribution >= 0.6 is 22.6 Å². The maximum Gasteiger partial charge on any atom is 0.261 e. The summed E-state index contributed by atoms with van der Waals surface area (Å²) >= 11 is 2.38. The number of hydrogen-bond acceptors (Lipinski definition) is 3. The largest absolute Gasteiger partial charge is 0.407 e. The summed E-state index contributed by atoms with van der Waals surface area (Å²) in [6, 6.07) is 21.7. The van der Waals surface area contributed by atoms with Gasteiger partial charge in [-0.15, -0.1) is 0 Å². The van der Waals surface area contributed by atoms with Crippen molar-refractivity contribution in [3.8, 4) is 0 Å². The summed E-state index contributed by atoms with van der Waals surface area (Å²) in [4.78, 5) is 0. The number of halogens is 1. The monoisotopic (exact) mass is 606 g/mol. The minimum absolute atomic E-state index is 0.0368. The van der Waals surface area contributed by atoms with Crippen LogP contribution in [-0.2, 0) is 13.9 Å². The summed E-state index contributed by atoms with van der Waals surface area (Å²) in [5.41, 5.74) is 0. The highest BCUT2D eigenvalue weighted by atomic mass is 127. The molecule has 3 rings (SSSR count). The fourth-order valence-electron chi connectivity index (χ4n) is 5.35. The number of ether oxygens (including phenoxy) is 2. The molecule has 0 spiro atoms. The van der Waals surface area contributed by atoms with Crippen LogP contribution in [0.1, 0.15) is 61.8 Å². The van der Waals surface area contributed by atoms with E-state index in [-0.39, 0.29) is 23.2 Å². The normalized spacial score (nSPS) is 23.1. The molecule has 3 nitrogen and oxygen atoms in total. The molecule has 1 aliphatic heterocycles. The van der Waals surface area contributed by atoms with Crippen LogP contribution in [0, 0.1) is 11.8 Å². The van der Waals surface area contributed by atoms with Crippen LogP contribution in [0.25, 0.3) is 0 Å². The van der Waals surface area contributed by atoms with Gasteiger partial charge in [0, 0.05) is 24.9 Å². The van der Waals surface area contributed by atoms with Gasteiger partial charge >= 0.3 is 0 Å². The summed E-state index contributed by atoms with van der Waals surface area (Å²) in [7, 11) is -2.57. The Morgan fingerprint density at radius 1 is 1.00 bits per heavy atom. The van der Waals surface area contributed by atoms with Crippen molar-refractivity contribution in [3.05, 3.63) is 70.3 Å². The molecular weight excluding hydrogens is 563 g/mol. The fraction of sp³-hybridized carbons (Fsp3) is 0.533. The molecule has 0 saturated carbocycles. The number of hydrogen-bond donors (Lipinski definition) is 0. The van der Waals surface area contributed by atoms with Gasteiger partial charge in [-0.25, -0.2) is 0 Å². The molecule has 35 heavy (non-hydrogen) atoms. The van der Waals surface area contributed by atoms with Crippen molar-refractivity contribution in [3.63, 3.8) is 0 Å². The molecule has 0 radical (unpaired) electrons. The Morgan fingerprint density at radius 3 is 1.94 bits per heavy atom. The van der Waals surface area contributed by atoms with Crippen LogP contribution in [-0.4, -0.2) is 32.9 Å². The van der Waals surface area contributed by atoms with Gasteiger partial charge in [-0.05, 0) is 62.4 Å². The van der Waals surface area contributed by atoms with E-state index in [1.54, 1.807) is 0 Å². The summed E-state index contributed by atoms with van der Waals surface area (Å²) in [6.45, 7) is 18.4. The number of rotatable bonds is 8. The molecule has 0 unspecified atom stereocenters. The molecule has 1 saturated heterocycles. The fourth-order valence-corrected chi connectivity index (χ4v) is 10.6. The van der Waals surface area contributed by atoms with Crippen LogP contribution in [0.5, 0.6) is 0 Å². The molecule has 5 heteroatoms. The van der Waals surface area contributed by atoms with Gasteiger partial charge in [0.25, 0.3) is 8.32 Å². The van der Waals surface area contributed by atoms with E-state index in [4.69, 9.17) is 13.9 Å². The first-order chi connectivity index (χ1) is 16.4. The summed E-state index contributed by atoms with van der Waals surface area (Å²) in [5.74, 6) is -0.0397. The summed E-state index contributed by atoms with van der Waals surface area (Å²) in [5, 5.41) is 2.59. The molecular formula is C30H43IO3Si. The maximum absolute atomic E-state index is 7.21. The average molecular weight is 607 g/mol. The highest BCUT2D eigenvalue weighted by Crippen LogP contribution is 2.39. The van der Waals surface area contributed by atoms with Crippen LogP contribution in [0.2, 0.25) is 5.04 Å². The smallest absolute Gasteiger partial charge is 0.261 e. The molecule has 0 aromatic heterocycles. The highest BCUT2D eigenvalue weighted by molar-refractivity contribution is 14.1. The zero-order chi connectivity index (χ0) is 25.9. The first-order valence-corrected chi connectivity index (χ1v) is 15.8. The van der Waals surface area contributed by atoms with Crippen LogP contribution in [0.3, 0.4) is 0 Å². The van der Waals surface area contributed by atoms with Crippen LogP contribution in [0.4, 0.5) is 0 Å². The minimum atomic E-state index is -2.57. The van der Waals surface area contributed by atoms with Gasteiger partial charge in [-0.1, -0.05) is 101 Å². The third-order valence-corrected chi connectivity index (χ3v) is 12.4. The molecule has 4 atom stereocenters.